The Labute approximate surface area is 114 Å². The lowest BCUT2D eigenvalue weighted by Gasteiger charge is -2.18. The fourth-order valence-corrected chi connectivity index (χ4v) is 1.68. The number of halogens is 1. The van der Waals surface area contributed by atoms with E-state index in [1.54, 1.807) is 6.07 Å². The van der Waals surface area contributed by atoms with Gasteiger partial charge in [-0.15, -0.1) is 0 Å². The molecule has 0 fully saturated rings. The van der Waals surface area contributed by atoms with Crippen molar-refractivity contribution in [2.45, 2.75) is 52.1 Å². The Hall–Kier alpha value is -0.870. The molecule has 1 rings (SSSR count). The first-order valence-corrected chi connectivity index (χ1v) is 6.67. The maximum atomic E-state index is 9.67. The van der Waals surface area contributed by atoms with Gasteiger partial charge in [-0.3, -0.25) is 0 Å². The van der Waals surface area contributed by atoms with E-state index < -0.39 is 0 Å². The van der Waals surface area contributed by atoms with Crippen LogP contribution in [0.15, 0.2) is 6.07 Å². The second-order valence-electron chi connectivity index (χ2n) is 5.47. The first-order chi connectivity index (χ1) is 8.32. The zero-order valence-corrected chi connectivity index (χ0v) is 12.3. The van der Waals surface area contributed by atoms with Crippen LogP contribution in [-0.4, -0.2) is 27.7 Å². The summed E-state index contributed by atoms with van der Waals surface area (Å²) in [4.78, 5) is 8.64. The smallest absolute Gasteiger partial charge is 0.137 e. The van der Waals surface area contributed by atoms with Crippen LogP contribution in [0.4, 0.5) is 5.82 Å². The molecule has 0 bridgehead atoms. The Morgan fingerprint density at radius 3 is 2.61 bits per heavy atom. The van der Waals surface area contributed by atoms with E-state index in [-0.39, 0.29) is 11.5 Å². The molecule has 102 valence electrons. The summed E-state index contributed by atoms with van der Waals surface area (Å²) in [6, 6.07) is 1.68. The van der Waals surface area contributed by atoms with E-state index in [2.05, 4.69) is 15.3 Å². The summed E-state index contributed by atoms with van der Waals surface area (Å²) in [5.41, 5.74) is -0.149. The van der Waals surface area contributed by atoms with E-state index >= 15 is 0 Å². The molecule has 0 radical (unpaired) electrons. The minimum Gasteiger partial charge on any atom is -0.391 e. The van der Waals surface area contributed by atoms with Crippen LogP contribution in [0.3, 0.4) is 0 Å². The number of aliphatic hydroxyl groups excluding tert-OH is 1. The highest BCUT2D eigenvalue weighted by atomic mass is 35.5. The largest absolute Gasteiger partial charge is 0.391 e. The standard InChI is InChI=1S/C13H22ClN3O/c1-5-6-9(18)8-15-11-7-10(14)16-12(17-11)13(2,3)4/h7,9,18H,5-6,8H2,1-4H3,(H,15,16,17). The zero-order valence-electron chi connectivity index (χ0n) is 11.5. The summed E-state index contributed by atoms with van der Waals surface area (Å²) in [6.45, 7) is 8.63. The third-order valence-corrected chi connectivity index (χ3v) is 2.70. The molecule has 4 nitrogen and oxygen atoms in total. The minimum atomic E-state index is -0.359. The van der Waals surface area contributed by atoms with Crippen molar-refractivity contribution in [3.05, 3.63) is 17.0 Å². The fraction of sp³-hybridized carbons (Fsp3) is 0.692. The van der Waals surface area contributed by atoms with E-state index in [1.807, 2.05) is 27.7 Å². The van der Waals surface area contributed by atoms with Crippen molar-refractivity contribution < 1.29 is 5.11 Å². The summed E-state index contributed by atoms with van der Waals surface area (Å²) in [6.07, 6.45) is 1.38. The summed E-state index contributed by atoms with van der Waals surface area (Å²) >= 11 is 5.98. The lowest BCUT2D eigenvalue weighted by molar-refractivity contribution is 0.176. The normalized spacial score (nSPS) is 13.4. The van der Waals surface area contributed by atoms with E-state index in [0.717, 1.165) is 12.8 Å². The number of nitrogens with one attached hydrogen (secondary N) is 1. The number of nitrogens with zero attached hydrogens (tertiary/aromatic N) is 2. The fourth-order valence-electron chi connectivity index (χ4n) is 1.50. The molecule has 5 heteroatoms. The van der Waals surface area contributed by atoms with Gasteiger partial charge in [0.25, 0.3) is 0 Å². The number of aromatic nitrogens is 2. The van der Waals surface area contributed by atoms with Crippen LogP contribution in [0.2, 0.25) is 5.15 Å². The van der Waals surface area contributed by atoms with Crippen LogP contribution < -0.4 is 5.32 Å². The Bertz CT molecular complexity index is 390. The molecule has 0 spiro atoms. The summed E-state index contributed by atoms with van der Waals surface area (Å²) in [7, 11) is 0. The van der Waals surface area contributed by atoms with E-state index in [0.29, 0.717) is 23.3 Å². The third-order valence-electron chi connectivity index (χ3n) is 2.51. The van der Waals surface area contributed by atoms with Gasteiger partial charge in [0.15, 0.2) is 0 Å². The Morgan fingerprint density at radius 2 is 2.06 bits per heavy atom. The van der Waals surface area contributed by atoms with Crippen LogP contribution >= 0.6 is 11.6 Å². The molecular formula is C13H22ClN3O. The van der Waals surface area contributed by atoms with Gasteiger partial charge in [-0.25, -0.2) is 9.97 Å². The summed E-state index contributed by atoms with van der Waals surface area (Å²) < 4.78 is 0. The van der Waals surface area contributed by atoms with Crippen molar-refractivity contribution in [2.24, 2.45) is 0 Å². The first-order valence-electron chi connectivity index (χ1n) is 6.30. The summed E-state index contributed by atoms with van der Waals surface area (Å²) in [5, 5.41) is 13.2. The van der Waals surface area contributed by atoms with Gasteiger partial charge in [0, 0.05) is 18.0 Å². The highest BCUT2D eigenvalue weighted by molar-refractivity contribution is 6.29. The molecule has 18 heavy (non-hydrogen) atoms. The van der Waals surface area contributed by atoms with E-state index in [1.165, 1.54) is 0 Å². The van der Waals surface area contributed by atoms with Crippen LogP contribution in [0.25, 0.3) is 0 Å². The second-order valence-corrected chi connectivity index (χ2v) is 5.86. The molecule has 0 saturated carbocycles. The van der Waals surface area contributed by atoms with E-state index in [9.17, 15) is 5.11 Å². The molecule has 0 saturated heterocycles. The quantitative estimate of drug-likeness (QED) is 0.809. The van der Waals surface area contributed by atoms with Crippen molar-refractivity contribution in [3.63, 3.8) is 0 Å². The SMILES string of the molecule is CCCC(O)CNc1cc(Cl)nc(C(C)(C)C)n1. The molecule has 1 aromatic rings. The molecule has 0 aliphatic rings. The average molecular weight is 272 g/mol. The maximum absolute atomic E-state index is 9.67. The van der Waals surface area contributed by atoms with Gasteiger partial charge < -0.3 is 10.4 Å². The second kappa shape index (κ2) is 6.34. The van der Waals surface area contributed by atoms with Gasteiger partial charge in [-0.2, -0.15) is 0 Å². The Morgan fingerprint density at radius 1 is 1.39 bits per heavy atom. The number of hydrogen-bond acceptors (Lipinski definition) is 4. The number of hydrogen-bond donors (Lipinski definition) is 2. The van der Waals surface area contributed by atoms with Crippen molar-refractivity contribution in [3.8, 4) is 0 Å². The monoisotopic (exact) mass is 271 g/mol. The lowest BCUT2D eigenvalue weighted by atomic mass is 9.96. The van der Waals surface area contributed by atoms with Crippen LogP contribution in [-0.2, 0) is 5.41 Å². The van der Waals surface area contributed by atoms with Crippen molar-refractivity contribution in [2.75, 3.05) is 11.9 Å². The highest BCUT2D eigenvalue weighted by Crippen LogP contribution is 2.22. The number of rotatable bonds is 5. The Balaban J connectivity index is 2.75. The minimum absolute atomic E-state index is 0.149. The van der Waals surface area contributed by atoms with Crippen molar-refractivity contribution in [1.82, 2.24) is 9.97 Å². The molecule has 0 aliphatic carbocycles. The highest BCUT2D eigenvalue weighted by Gasteiger charge is 2.18. The van der Waals surface area contributed by atoms with Gasteiger partial charge in [-0.05, 0) is 6.42 Å². The van der Waals surface area contributed by atoms with Gasteiger partial charge in [0.1, 0.15) is 16.8 Å². The summed E-state index contributed by atoms with van der Waals surface area (Å²) in [5.74, 6) is 1.36. The number of anilines is 1. The Kier molecular flexibility index (Phi) is 5.35. The third kappa shape index (κ3) is 4.78. The van der Waals surface area contributed by atoms with Crippen LogP contribution in [0, 0.1) is 0 Å². The molecule has 1 heterocycles. The maximum Gasteiger partial charge on any atom is 0.137 e. The molecule has 1 unspecified atom stereocenters. The van der Waals surface area contributed by atoms with Gasteiger partial charge in [-0.1, -0.05) is 45.7 Å². The first kappa shape index (κ1) is 15.2. The zero-order chi connectivity index (χ0) is 13.8. The van der Waals surface area contributed by atoms with Crippen LogP contribution in [0.5, 0.6) is 0 Å². The molecular weight excluding hydrogens is 250 g/mol. The van der Waals surface area contributed by atoms with Gasteiger partial charge in [0.05, 0.1) is 6.10 Å². The molecule has 2 N–H and O–H groups in total. The van der Waals surface area contributed by atoms with Crippen molar-refractivity contribution >= 4 is 17.4 Å². The molecule has 1 atom stereocenters. The molecule has 0 aromatic carbocycles. The average Bonchev–Trinajstić information content (AvgIpc) is 2.25. The number of aliphatic hydroxyl groups is 1. The van der Waals surface area contributed by atoms with Gasteiger partial charge >= 0.3 is 0 Å². The molecule has 0 amide bonds. The molecule has 0 aliphatic heterocycles. The predicted molar refractivity (Wildman–Crippen MR) is 75.1 cm³/mol. The van der Waals surface area contributed by atoms with E-state index in [4.69, 9.17) is 11.6 Å². The van der Waals surface area contributed by atoms with Gasteiger partial charge in [0.2, 0.25) is 0 Å². The predicted octanol–water partition coefficient (Wildman–Crippen LogP) is 3.00. The van der Waals surface area contributed by atoms with Crippen LogP contribution in [0.1, 0.15) is 46.4 Å². The lowest BCUT2D eigenvalue weighted by Crippen LogP contribution is -2.21. The van der Waals surface area contributed by atoms with Crippen molar-refractivity contribution in [1.29, 1.82) is 0 Å². The molecule has 1 aromatic heterocycles. The topological polar surface area (TPSA) is 58.0 Å².